The van der Waals surface area contributed by atoms with E-state index < -0.39 is 0 Å². The van der Waals surface area contributed by atoms with Crippen molar-refractivity contribution in [2.45, 2.75) is 31.8 Å². The third-order valence-electron chi connectivity index (χ3n) is 6.38. The van der Waals surface area contributed by atoms with Crippen LogP contribution >= 0.6 is 24.2 Å². The molecule has 3 aromatic heterocycles. The fourth-order valence-electron chi connectivity index (χ4n) is 4.47. The molecule has 1 aliphatic rings. The molecule has 184 valence electrons. The molecule has 1 aromatic carbocycles. The molecule has 0 saturated heterocycles. The van der Waals surface area contributed by atoms with Crippen molar-refractivity contribution in [3.05, 3.63) is 59.2 Å². The number of hydrogen-bond donors (Lipinski definition) is 0. The summed E-state index contributed by atoms with van der Waals surface area (Å²) in [6.45, 7) is 7.15. The van der Waals surface area contributed by atoms with Crippen LogP contribution in [0.3, 0.4) is 0 Å². The van der Waals surface area contributed by atoms with Crippen LogP contribution in [0.1, 0.15) is 22.5 Å². The second-order valence-corrected chi connectivity index (χ2v) is 9.94. The zero-order chi connectivity index (χ0) is 23.7. The molecule has 0 spiro atoms. The maximum absolute atomic E-state index is 4.51. The molecule has 0 radical (unpaired) electrons. The van der Waals surface area contributed by atoms with Crippen molar-refractivity contribution in [3.63, 3.8) is 0 Å². The second-order valence-electron chi connectivity index (χ2n) is 8.88. The molecular formula is C25H31ClN8S. The molecule has 1 aliphatic heterocycles. The predicted octanol–water partition coefficient (Wildman–Crippen LogP) is 3.90. The number of aryl methyl sites for hydroxylation is 3. The maximum atomic E-state index is 4.51. The van der Waals surface area contributed by atoms with E-state index in [0.717, 1.165) is 66.3 Å². The Kier molecular flexibility index (Phi) is 7.88. The van der Waals surface area contributed by atoms with Gasteiger partial charge in [0.2, 0.25) is 0 Å². The molecule has 0 atom stereocenters. The van der Waals surface area contributed by atoms with Crippen molar-refractivity contribution in [1.29, 1.82) is 0 Å². The van der Waals surface area contributed by atoms with Gasteiger partial charge in [-0.1, -0.05) is 23.9 Å². The number of thioether (sulfide) groups is 1. The lowest BCUT2D eigenvalue weighted by molar-refractivity contribution is 0.306. The summed E-state index contributed by atoms with van der Waals surface area (Å²) in [5, 5.41) is 14.1. The van der Waals surface area contributed by atoms with E-state index in [1.807, 2.05) is 37.2 Å². The summed E-state index contributed by atoms with van der Waals surface area (Å²) >= 11 is 1.74. The van der Waals surface area contributed by atoms with Crippen LogP contribution in [0.4, 0.5) is 0 Å². The number of nitrogens with zero attached hydrogens (tertiary/aromatic N) is 8. The highest BCUT2D eigenvalue weighted by Crippen LogP contribution is 2.26. The van der Waals surface area contributed by atoms with Crippen LogP contribution in [-0.4, -0.2) is 64.8 Å². The van der Waals surface area contributed by atoms with E-state index in [4.69, 9.17) is 0 Å². The van der Waals surface area contributed by atoms with Gasteiger partial charge in [-0.05, 0) is 49.9 Å². The standard InChI is InChI=1S/C25H30N8S.ClH/c1-17-13-23(32(4)30-17)21-6-5-19-7-9-33(10-8-20(19)14-21)11-12-34-25-29-28-24(31(25)3)22-16-26-18(2)15-27-22;/h5-6,13-16H,7-12H2,1-4H3;1H. The van der Waals surface area contributed by atoms with Gasteiger partial charge in [0.15, 0.2) is 11.0 Å². The molecule has 4 aromatic rings. The normalized spacial score (nSPS) is 13.8. The number of rotatable bonds is 6. The third-order valence-corrected chi connectivity index (χ3v) is 7.38. The summed E-state index contributed by atoms with van der Waals surface area (Å²) in [5.74, 6) is 1.72. The van der Waals surface area contributed by atoms with Crippen molar-refractivity contribution >= 4 is 24.2 Å². The van der Waals surface area contributed by atoms with Gasteiger partial charge < -0.3 is 9.47 Å². The van der Waals surface area contributed by atoms with Crippen LogP contribution in [0.15, 0.2) is 41.8 Å². The molecule has 0 amide bonds. The Morgan fingerprint density at radius 1 is 0.914 bits per heavy atom. The van der Waals surface area contributed by atoms with E-state index in [0.29, 0.717) is 0 Å². The Morgan fingerprint density at radius 3 is 2.43 bits per heavy atom. The quantitative estimate of drug-likeness (QED) is 0.364. The number of halogens is 1. The van der Waals surface area contributed by atoms with Gasteiger partial charge in [0.05, 0.1) is 23.3 Å². The minimum absolute atomic E-state index is 0. The Hall–Kier alpha value is -2.75. The number of benzene rings is 1. The predicted molar refractivity (Wildman–Crippen MR) is 142 cm³/mol. The fraction of sp³-hybridized carbons (Fsp3) is 0.400. The first-order valence-corrected chi connectivity index (χ1v) is 12.6. The van der Waals surface area contributed by atoms with E-state index in [1.54, 1.807) is 24.2 Å². The SMILES string of the molecule is Cc1cnc(-c2nnc(SCCN3CCc4ccc(-c5cc(C)nn5C)cc4CC3)n2C)cn1.Cl. The smallest absolute Gasteiger partial charge is 0.191 e. The van der Waals surface area contributed by atoms with E-state index in [1.165, 1.54) is 22.4 Å². The van der Waals surface area contributed by atoms with Crippen LogP contribution in [0.2, 0.25) is 0 Å². The largest absolute Gasteiger partial charge is 0.304 e. The van der Waals surface area contributed by atoms with Gasteiger partial charge in [-0.15, -0.1) is 22.6 Å². The number of fused-ring (bicyclic) bond motifs is 1. The molecule has 35 heavy (non-hydrogen) atoms. The Morgan fingerprint density at radius 2 is 1.71 bits per heavy atom. The van der Waals surface area contributed by atoms with Crippen molar-refractivity contribution in [1.82, 2.24) is 39.4 Å². The lowest BCUT2D eigenvalue weighted by atomic mass is 9.99. The van der Waals surface area contributed by atoms with E-state index in [2.05, 4.69) is 54.4 Å². The van der Waals surface area contributed by atoms with Crippen molar-refractivity contribution in [2.75, 3.05) is 25.4 Å². The molecular weight excluding hydrogens is 480 g/mol. The second kappa shape index (κ2) is 10.9. The Labute approximate surface area is 216 Å². The molecule has 0 N–H and O–H groups in total. The van der Waals surface area contributed by atoms with Gasteiger partial charge in [0.1, 0.15) is 5.69 Å². The topological polar surface area (TPSA) is 77.5 Å². The van der Waals surface area contributed by atoms with Crippen LogP contribution in [-0.2, 0) is 26.9 Å². The maximum Gasteiger partial charge on any atom is 0.191 e. The lowest BCUT2D eigenvalue weighted by Gasteiger charge is -2.19. The van der Waals surface area contributed by atoms with Crippen molar-refractivity contribution in [2.24, 2.45) is 14.1 Å². The van der Waals surface area contributed by atoms with Crippen LogP contribution in [0.25, 0.3) is 22.8 Å². The van der Waals surface area contributed by atoms with Gasteiger partial charge in [-0.25, -0.2) is 4.98 Å². The molecule has 5 rings (SSSR count). The first-order chi connectivity index (χ1) is 16.5. The van der Waals surface area contributed by atoms with Gasteiger partial charge in [-0.2, -0.15) is 5.10 Å². The summed E-state index contributed by atoms with van der Waals surface area (Å²) in [4.78, 5) is 11.3. The molecule has 10 heteroatoms. The minimum Gasteiger partial charge on any atom is -0.304 e. The van der Waals surface area contributed by atoms with Crippen molar-refractivity contribution in [3.8, 4) is 22.8 Å². The fourth-order valence-corrected chi connectivity index (χ4v) is 5.38. The third kappa shape index (κ3) is 5.58. The van der Waals surface area contributed by atoms with Crippen molar-refractivity contribution < 1.29 is 0 Å². The average Bonchev–Trinajstić information content (AvgIpc) is 3.28. The highest BCUT2D eigenvalue weighted by atomic mass is 35.5. The van der Waals surface area contributed by atoms with E-state index >= 15 is 0 Å². The summed E-state index contributed by atoms with van der Waals surface area (Å²) in [7, 11) is 4.00. The van der Waals surface area contributed by atoms with Crippen LogP contribution in [0, 0.1) is 13.8 Å². The first-order valence-electron chi connectivity index (χ1n) is 11.6. The van der Waals surface area contributed by atoms with Gasteiger partial charge in [-0.3, -0.25) is 9.67 Å². The summed E-state index contributed by atoms with van der Waals surface area (Å²) in [6.07, 6.45) is 5.67. The highest BCUT2D eigenvalue weighted by molar-refractivity contribution is 7.99. The molecule has 4 heterocycles. The minimum atomic E-state index is 0. The summed E-state index contributed by atoms with van der Waals surface area (Å²) < 4.78 is 3.98. The lowest BCUT2D eigenvalue weighted by Crippen LogP contribution is -2.28. The van der Waals surface area contributed by atoms with Gasteiger partial charge in [0.25, 0.3) is 0 Å². The van der Waals surface area contributed by atoms with E-state index in [-0.39, 0.29) is 12.4 Å². The molecule has 0 fully saturated rings. The number of hydrogen-bond acceptors (Lipinski definition) is 7. The van der Waals surface area contributed by atoms with Crippen LogP contribution < -0.4 is 0 Å². The molecule has 0 saturated carbocycles. The monoisotopic (exact) mass is 510 g/mol. The van der Waals surface area contributed by atoms with Gasteiger partial charge in [0, 0.05) is 51.2 Å². The average molecular weight is 511 g/mol. The molecule has 0 unspecified atom stereocenters. The van der Waals surface area contributed by atoms with E-state index in [9.17, 15) is 0 Å². The molecule has 8 nitrogen and oxygen atoms in total. The van der Waals surface area contributed by atoms with Gasteiger partial charge >= 0.3 is 0 Å². The highest BCUT2D eigenvalue weighted by Gasteiger charge is 2.17. The molecule has 0 aliphatic carbocycles. The zero-order valence-electron chi connectivity index (χ0n) is 20.6. The summed E-state index contributed by atoms with van der Waals surface area (Å²) in [5.41, 5.74) is 8.05. The Balaban J connectivity index is 0.00000289. The summed E-state index contributed by atoms with van der Waals surface area (Å²) in [6, 6.07) is 9.07. The first kappa shape index (κ1) is 25.3. The Bertz CT molecular complexity index is 1300. The number of aromatic nitrogens is 7. The molecule has 0 bridgehead atoms. The zero-order valence-corrected chi connectivity index (χ0v) is 22.2. The van der Waals surface area contributed by atoms with Crippen LogP contribution in [0.5, 0.6) is 0 Å².